The van der Waals surface area contributed by atoms with E-state index in [1.54, 1.807) is 14.2 Å². The molecule has 0 aliphatic rings. The van der Waals surface area contributed by atoms with E-state index in [4.69, 9.17) is 9.47 Å². The van der Waals surface area contributed by atoms with Crippen LogP contribution in [-0.2, 0) is 11.3 Å². The third kappa shape index (κ3) is 12.1. The Kier molecular flexibility index (Phi) is 15.3. The first kappa shape index (κ1) is 25.9. The van der Waals surface area contributed by atoms with Crippen molar-refractivity contribution < 1.29 is 9.47 Å². The Morgan fingerprint density at radius 3 is 2.59 bits per heavy atom. The second kappa shape index (κ2) is 15.9. The maximum atomic E-state index is 5.91. The monoisotopic (exact) mass is 492 g/mol. The number of guanidine groups is 1. The summed E-state index contributed by atoms with van der Waals surface area (Å²) in [7, 11) is 5.65. The van der Waals surface area contributed by atoms with Gasteiger partial charge in [0.2, 0.25) is 0 Å². The molecule has 0 bridgehead atoms. The van der Waals surface area contributed by atoms with Gasteiger partial charge in [-0.2, -0.15) is 0 Å². The van der Waals surface area contributed by atoms with Gasteiger partial charge in [-0.3, -0.25) is 4.99 Å². The Hall–Kier alpha value is -1.06. The van der Waals surface area contributed by atoms with Crippen LogP contribution in [0.5, 0.6) is 5.75 Å². The van der Waals surface area contributed by atoms with Gasteiger partial charge in [-0.05, 0) is 25.5 Å². The van der Waals surface area contributed by atoms with Crippen molar-refractivity contribution in [1.29, 1.82) is 0 Å². The summed E-state index contributed by atoms with van der Waals surface area (Å²) in [5, 5.41) is 6.72. The fourth-order valence-corrected chi connectivity index (χ4v) is 2.40. The molecule has 0 amide bonds. The number of ether oxygens (including phenoxy) is 2. The van der Waals surface area contributed by atoms with Crippen LogP contribution < -0.4 is 15.4 Å². The number of hydrogen-bond donors (Lipinski definition) is 2. The molecule has 0 saturated heterocycles. The average Bonchev–Trinajstić information content (AvgIpc) is 2.63. The zero-order valence-corrected chi connectivity index (χ0v) is 19.8. The third-order valence-corrected chi connectivity index (χ3v) is 3.89. The van der Waals surface area contributed by atoms with E-state index in [2.05, 4.69) is 47.5 Å². The van der Waals surface area contributed by atoms with Crippen LogP contribution in [0.2, 0.25) is 0 Å². The summed E-state index contributed by atoms with van der Waals surface area (Å²) in [6.07, 6.45) is 1.05. The fourth-order valence-electron chi connectivity index (χ4n) is 2.40. The van der Waals surface area contributed by atoms with Crippen LogP contribution in [0.25, 0.3) is 0 Å². The van der Waals surface area contributed by atoms with Gasteiger partial charge in [-0.25, -0.2) is 0 Å². The van der Waals surface area contributed by atoms with Gasteiger partial charge in [0.1, 0.15) is 5.75 Å². The van der Waals surface area contributed by atoms with E-state index in [0.717, 1.165) is 56.5 Å². The van der Waals surface area contributed by atoms with Crippen molar-refractivity contribution in [3.05, 3.63) is 29.8 Å². The highest BCUT2D eigenvalue weighted by Crippen LogP contribution is 2.18. The van der Waals surface area contributed by atoms with Crippen molar-refractivity contribution in [2.75, 3.05) is 54.1 Å². The highest BCUT2D eigenvalue weighted by atomic mass is 127. The van der Waals surface area contributed by atoms with Gasteiger partial charge in [0.25, 0.3) is 0 Å². The lowest BCUT2D eigenvalue weighted by Crippen LogP contribution is -2.40. The Bertz CT molecular complexity index is 526. The topological polar surface area (TPSA) is 58.1 Å². The molecule has 0 radical (unpaired) electrons. The van der Waals surface area contributed by atoms with Crippen LogP contribution in [0.15, 0.2) is 29.3 Å². The van der Waals surface area contributed by atoms with E-state index in [1.165, 1.54) is 0 Å². The molecule has 1 aromatic rings. The molecule has 0 heterocycles. The lowest BCUT2D eigenvalue weighted by Gasteiger charge is -2.18. The minimum atomic E-state index is 0. The number of nitrogens with one attached hydrogen (secondary N) is 2. The number of hydrogen-bond acceptors (Lipinski definition) is 4. The van der Waals surface area contributed by atoms with Gasteiger partial charge >= 0.3 is 0 Å². The molecule has 0 aromatic heterocycles. The number of para-hydroxylation sites is 1. The summed E-state index contributed by atoms with van der Waals surface area (Å²) < 4.78 is 11.0. The lowest BCUT2D eigenvalue weighted by molar-refractivity contribution is 0.180. The molecule has 27 heavy (non-hydrogen) atoms. The number of methoxy groups -OCH3 is 1. The van der Waals surface area contributed by atoms with Crippen molar-refractivity contribution in [3.63, 3.8) is 0 Å². The first-order valence-corrected chi connectivity index (χ1v) is 9.39. The lowest BCUT2D eigenvalue weighted by atomic mass is 10.2. The molecular formula is C20H37IN4O2. The maximum Gasteiger partial charge on any atom is 0.191 e. The number of nitrogens with zero attached hydrogens (tertiary/aromatic N) is 2. The average molecular weight is 492 g/mol. The van der Waals surface area contributed by atoms with Gasteiger partial charge in [0.15, 0.2) is 5.96 Å². The Morgan fingerprint density at radius 2 is 1.93 bits per heavy atom. The molecule has 2 N–H and O–H groups in total. The molecule has 1 rings (SSSR count). The first-order chi connectivity index (χ1) is 12.6. The van der Waals surface area contributed by atoms with Crippen molar-refractivity contribution >= 4 is 29.9 Å². The van der Waals surface area contributed by atoms with Crippen molar-refractivity contribution in [3.8, 4) is 5.75 Å². The van der Waals surface area contributed by atoms with Crippen LogP contribution in [0.3, 0.4) is 0 Å². The highest BCUT2D eigenvalue weighted by molar-refractivity contribution is 14.0. The normalized spacial score (nSPS) is 11.4. The van der Waals surface area contributed by atoms with Crippen molar-refractivity contribution in [2.24, 2.45) is 10.9 Å². The predicted octanol–water partition coefficient (Wildman–Crippen LogP) is 2.97. The zero-order valence-electron chi connectivity index (χ0n) is 17.5. The summed E-state index contributed by atoms with van der Waals surface area (Å²) in [6.45, 7) is 9.34. The summed E-state index contributed by atoms with van der Waals surface area (Å²) >= 11 is 0. The summed E-state index contributed by atoms with van der Waals surface area (Å²) in [4.78, 5) is 6.58. The first-order valence-electron chi connectivity index (χ1n) is 9.39. The molecule has 0 spiro atoms. The van der Waals surface area contributed by atoms with Gasteiger partial charge in [0, 0.05) is 52.5 Å². The Labute approximate surface area is 182 Å². The van der Waals surface area contributed by atoms with Crippen LogP contribution in [0.1, 0.15) is 25.8 Å². The Morgan fingerprint density at radius 1 is 1.19 bits per heavy atom. The number of benzene rings is 1. The smallest absolute Gasteiger partial charge is 0.191 e. The second-order valence-corrected chi connectivity index (χ2v) is 6.81. The van der Waals surface area contributed by atoms with Gasteiger partial charge < -0.3 is 25.0 Å². The largest absolute Gasteiger partial charge is 0.493 e. The van der Waals surface area contributed by atoms with E-state index in [9.17, 15) is 0 Å². The van der Waals surface area contributed by atoms with E-state index in [-0.39, 0.29) is 24.0 Å². The molecule has 0 unspecified atom stereocenters. The molecule has 156 valence electrons. The van der Waals surface area contributed by atoms with Crippen molar-refractivity contribution in [2.45, 2.75) is 26.8 Å². The molecule has 0 atom stereocenters. The number of likely N-dealkylation sites (N-methyl/N-ethyl adjacent to an activating group) is 1. The van der Waals surface area contributed by atoms with Crippen LogP contribution in [0.4, 0.5) is 0 Å². The quantitative estimate of drug-likeness (QED) is 0.203. The van der Waals surface area contributed by atoms with E-state index >= 15 is 0 Å². The van der Waals surface area contributed by atoms with E-state index < -0.39 is 0 Å². The van der Waals surface area contributed by atoms with Gasteiger partial charge in [-0.15, -0.1) is 24.0 Å². The van der Waals surface area contributed by atoms with Gasteiger partial charge in [0.05, 0.1) is 6.61 Å². The number of aliphatic imine (C=N–C) groups is 1. The molecular weight excluding hydrogens is 455 g/mol. The SMILES string of the molecule is CN=C(NCCN(C)CCCOC)NCc1ccccc1OCC(C)C.I. The summed E-state index contributed by atoms with van der Waals surface area (Å²) in [6, 6.07) is 8.14. The van der Waals surface area contributed by atoms with E-state index in [1.807, 2.05) is 18.2 Å². The minimum Gasteiger partial charge on any atom is -0.493 e. The predicted molar refractivity (Wildman–Crippen MR) is 124 cm³/mol. The minimum absolute atomic E-state index is 0. The molecule has 7 heteroatoms. The maximum absolute atomic E-state index is 5.91. The molecule has 6 nitrogen and oxygen atoms in total. The number of halogens is 1. The molecule has 1 aromatic carbocycles. The highest BCUT2D eigenvalue weighted by Gasteiger charge is 2.06. The second-order valence-electron chi connectivity index (χ2n) is 6.81. The molecule has 0 fully saturated rings. The zero-order chi connectivity index (χ0) is 19.2. The summed E-state index contributed by atoms with van der Waals surface area (Å²) in [5.41, 5.74) is 1.13. The van der Waals surface area contributed by atoms with Crippen LogP contribution in [0, 0.1) is 5.92 Å². The van der Waals surface area contributed by atoms with Gasteiger partial charge in [-0.1, -0.05) is 32.0 Å². The standard InChI is InChI=1S/C20H36N4O2.HI/c1-17(2)16-26-19-10-7-6-9-18(19)15-23-20(21-3)22-11-13-24(4)12-8-14-25-5;/h6-7,9-10,17H,8,11-16H2,1-5H3,(H2,21,22,23);1H. The number of rotatable bonds is 12. The van der Waals surface area contributed by atoms with E-state index in [0.29, 0.717) is 12.5 Å². The van der Waals surface area contributed by atoms with Crippen molar-refractivity contribution in [1.82, 2.24) is 15.5 Å². The van der Waals surface area contributed by atoms with Crippen LogP contribution >= 0.6 is 24.0 Å². The summed E-state index contributed by atoms with van der Waals surface area (Å²) in [5.74, 6) is 2.24. The fraction of sp³-hybridized carbons (Fsp3) is 0.650. The molecule has 0 aliphatic carbocycles. The third-order valence-electron chi connectivity index (χ3n) is 3.89. The molecule has 0 saturated carbocycles. The van der Waals surface area contributed by atoms with Crippen LogP contribution in [-0.4, -0.2) is 64.9 Å². The Balaban J connectivity index is 0.00000676. The molecule has 0 aliphatic heterocycles.